The van der Waals surface area contributed by atoms with E-state index in [0.717, 1.165) is 0 Å². The molecule has 0 atom stereocenters. The summed E-state index contributed by atoms with van der Waals surface area (Å²) in [5, 5.41) is 2.99. The minimum Gasteiger partial charge on any atom is -0.491 e. The molecule has 1 amide bonds. The molecule has 23 heavy (non-hydrogen) atoms. The third kappa shape index (κ3) is 3.40. The minimum atomic E-state index is -3.80. The van der Waals surface area contributed by atoms with Gasteiger partial charge in [-0.15, -0.1) is 0 Å². The number of carbonyl (C=O) groups is 1. The van der Waals surface area contributed by atoms with Crippen LogP contribution in [0, 0.1) is 0 Å². The Hall–Kier alpha value is -2.25. The van der Waals surface area contributed by atoms with Crippen molar-refractivity contribution in [2.24, 2.45) is 0 Å². The molecule has 2 aromatic carbocycles. The first kappa shape index (κ1) is 15.6. The average molecular weight is 353 g/mol. The molecule has 1 aliphatic rings. The Bertz CT molecular complexity index is 868. The Balaban J connectivity index is 1.93. The highest BCUT2D eigenvalue weighted by atomic mass is 35.5. The van der Waals surface area contributed by atoms with Gasteiger partial charge in [0.1, 0.15) is 12.4 Å². The van der Waals surface area contributed by atoms with E-state index in [-0.39, 0.29) is 22.1 Å². The van der Waals surface area contributed by atoms with E-state index < -0.39 is 10.0 Å². The number of sulfonamides is 1. The van der Waals surface area contributed by atoms with Crippen LogP contribution in [0.25, 0.3) is 0 Å². The zero-order chi connectivity index (χ0) is 16.4. The third-order valence-electron chi connectivity index (χ3n) is 3.23. The number of benzene rings is 2. The molecule has 6 nitrogen and oxygen atoms in total. The number of halogens is 1. The van der Waals surface area contributed by atoms with Crippen LogP contribution in [-0.2, 0) is 10.0 Å². The number of nitrogens with one attached hydrogen (secondary N) is 2. The molecule has 0 spiro atoms. The molecular formula is C15H13ClN2O4S. The predicted octanol–water partition coefficient (Wildman–Crippen LogP) is 2.26. The molecule has 2 N–H and O–H groups in total. The zero-order valence-corrected chi connectivity index (χ0v) is 13.4. The van der Waals surface area contributed by atoms with Gasteiger partial charge in [-0.25, -0.2) is 8.42 Å². The Labute approximate surface area is 138 Å². The summed E-state index contributed by atoms with van der Waals surface area (Å²) in [6.45, 7) is 0.767. The second-order valence-electron chi connectivity index (χ2n) is 4.88. The van der Waals surface area contributed by atoms with Crippen molar-refractivity contribution in [3.05, 3.63) is 53.1 Å². The van der Waals surface area contributed by atoms with E-state index in [0.29, 0.717) is 23.9 Å². The molecule has 1 aliphatic heterocycles. The highest BCUT2D eigenvalue weighted by Gasteiger charge is 2.19. The number of fused-ring (bicyclic) bond motifs is 1. The second kappa shape index (κ2) is 6.10. The Morgan fingerprint density at radius 3 is 2.78 bits per heavy atom. The molecular weight excluding hydrogens is 340 g/mol. The lowest BCUT2D eigenvalue weighted by Gasteiger charge is -2.11. The van der Waals surface area contributed by atoms with Gasteiger partial charge in [-0.05, 0) is 36.4 Å². The van der Waals surface area contributed by atoms with Crippen LogP contribution in [0.2, 0.25) is 5.02 Å². The Morgan fingerprint density at radius 1 is 1.17 bits per heavy atom. The van der Waals surface area contributed by atoms with Crippen LogP contribution >= 0.6 is 11.6 Å². The van der Waals surface area contributed by atoms with Gasteiger partial charge < -0.3 is 10.1 Å². The number of rotatable bonds is 3. The maximum absolute atomic E-state index is 12.4. The van der Waals surface area contributed by atoms with Gasteiger partial charge in [-0.3, -0.25) is 9.52 Å². The van der Waals surface area contributed by atoms with Gasteiger partial charge >= 0.3 is 0 Å². The number of hydrogen-bond donors (Lipinski definition) is 2. The Morgan fingerprint density at radius 2 is 2.00 bits per heavy atom. The van der Waals surface area contributed by atoms with Crippen molar-refractivity contribution in [1.29, 1.82) is 0 Å². The summed E-state index contributed by atoms with van der Waals surface area (Å²) >= 11 is 5.82. The standard InChI is InChI=1S/C15H13ClN2O4S/c16-10-2-1-3-12(8-10)23(20,21)18-11-4-5-14-13(9-11)15(19)17-6-7-22-14/h1-5,8-9,18H,6-7H2,(H,17,19). The van der Waals surface area contributed by atoms with Gasteiger partial charge in [0.25, 0.3) is 15.9 Å². The molecule has 0 aromatic heterocycles. The van der Waals surface area contributed by atoms with Crippen LogP contribution in [0.15, 0.2) is 47.4 Å². The molecule has 0 fully saturated rings. The lowest BCUT2D eigenvalue weighted by molar-refractivity contribution is 0.0957. The van der Waals surface area contributed by atoms with Gasteiger partial charge in [0.15, 0.2) is 0 Å². The summed E-state index contributed by atoms with van der Waals surface area (Å²) in [5.41, 5.74) is 0.554. The highest BCUT2D eigenvalue weighted by Crippen LogP contribution is 2.26. The molecule has 0 radical (unpaired) electrons. The summed E-state index contributed by atoms with van der Waals surface area (Å²) in [4.78, 5) is 12.0. The van der Waals surface area contributed by atoms with E-state index in [9.17, 15) is 13.2 Å². The number of amides is 1. The summed E-state index contributed by atoms with van der Waals surface area (Å²) in [5.74, 6) is 0.118. The summed E-state index contributed by atoms with van der Waals surface area (Å²) in [7, 11) is -3.80. The summed E-state index contributed by atoms with van der Waals surface area (Å²) in [6, 6.07) is 10.5. The lowest BCUT2D eigenvalue weighted by atomic mass is 10.1. The van der Waals surface area contributed by atoms with Crippen LogP contribution in [0.1, 0.15) is 10.4 Å². The van der Waals surface area contributed by atoms with Crippen molar-refractivity contribution in [2.45, 2.75) is 4.90 Å². The van der Waals surface area contributed by atoms with E-state index in [4.69, 9.17) is 16.3 Å². The van der Waals surface area contributed by atoms with Crippen molar-refractivity contribution in [3.63, 3.8) is 0 Å². The first-order valence-corrected chi connectivity index (χ1v) is 8.65. The van der Waals surface area contributed by atoms with E-state index in [1.807, 2.05) is 0 Å². The smallest absolute Gasteiger partial charge is 0.261 e. The van der Waals surface area contributed by atoms with Gasteiger partial charge in [-0.2, -0.15) is 0 Å². The van der Waals surface area contributed by atoms with Crippen LogP contribution in [0.3, 0.4) is 0 Å². The first-order chi connectivity index (χ1) is 11.0. The van der Waals surface area contributed by atoms with Crippen LogP contribution < -0.4 is 14.8 Å². The zero-order valence-electron chi connectivity index (χ0n) is 11.9. The molecule has 0 saturated heterocycles. The van der Waals surface area contributed by atoms with Gasteiger partial charge in [0.2, 0.25) is 0 Å². The molecule has 3 rings (SSSR count). The first-order valence-electron chi connectivity index (χ1n) is 6.79. The van der Waals surface area contributed by atoms with E-state index in [1.165, 1.54) is 18.2 Å². The Kier molecular flexibility index (Phi) is 4.14. The highest BCUT2D eigenvalue weighted by molar-refractivity contribution is 7.92. The molecule has 8 heteroatoms. The fourth-order valence-corrected chi connectivity index (χ4v) is 3.52. The maximum atomic E-state index is 12.4. The summed E-state index contributed by atoms with van der Waals surface area (Å²) < 4.78 is 32.6. The summed E-state index contributed by atoms with van der Waals surface area (Å²) in [6.07, 6.45) is 0. The van der Waals surface area contributed by atoms with Crippen molar-refractivity contribution in [3.8, 4) is 5.75 Å². The topological polar surface area (TPSA) is 84.5 Å². The number of hydrogen-bond acceptors (Lipinski definition) is 4. The van der Waals surface area contributed by atoms with Gasteiger partial charge in [0.05, 0.1) is 17.0 Å². The largest absolute Gasteiger partial charge is 0.491 e. The monoisotopic (exact) mass is 352 g/mol. The molecule has 0 bridgehead atoms. The van der Waals surface area contributed by atoms with Crippen molar-refractivity contribution in [2.75, 3.05) is 17.9 Å². The normalized spacial score (nSPS) is 14.2. The number of anilines is 1. The quantitative estimate of drug-likeness (QED) is 0.887. The van der Waals surface area contributed by atoms with Crippen LogP contribution in [0.4, 0.5) is 5.69 Å². The molecule has 0 unspecified atom stereocenters. The van der Waals surface area contributed by atoms with E-state index >= 15 is 0 Å². The van der Waals surface area contributed by atoms with E-state index in [2.05, 4.69) is 10.0 Å². The molecule has 120 valence electrons. The van der Waals surface area contributed by atoms with Crippen LogP contribution in [0.5, 0.6) is 5.75 Å². The fourth-order valence-electron chi connectivity index (χ4n) is 2.17. The average Bonchev–Trinajstić information content (AvgIpc) is 2.69. The van der Waals surface area contributed by atoms with Crippen LogP contribution in [-0.4, -0.2) is 27.5 Å². The molecule has 2 aromatic rings. The van der Waals surface area contributed by atoms with E-state index in [1.54, 1.807) is 24.3 Å². The number of carbonyl (C=O) groups excluding carboxylic acids is 1. The fraction of sp³-hybridized carbons (Fsp3) is 0.133. The van der Waals surface area contributed by atoms with Crippen molar-refractivity contribution >= 4 is 33.2 Å². The predicted molar refractivity (Wildman–Crippen MR) is 86.5 cm³/mol. The lowest BCUT2D eigenvalue weighted by Crippen LogP contribution is -2.24. The second-order valence-corrected chi connectivity index (χ2v) is 7.00. The molecule has 0 saturated carbocycles. The third-order valence-corrected chi connectivity index (χ3v) is 4.84. The van der Waals surface area contributed by atoms with Gasteiger partial charge in [-0.1, -0.05) is 17.7 Å². The molecule has 1 heterocycles. The van der Waals surface area contributed by atoms with Crippen molar-refractivity contribution < 1.29 is 17.9 Å². The minimum absolute atomic E-state index is 0.0423. The SMILES string of the molecule is O=C1NCCOc2ccc(NS(=O)(=O)c3cccc(Cl)c3)cc21. The maximum Gasteiger partial charge on any atom is 0.261 e. The molecule has 0 aliphatic carbocycles. The van der Waals surface area contributed by atoms with Gasteiger partial charge in [0, 0.05) is 10.7 Å². The van der Waals surface area contributed by atoms with Crippen molar-refractivity contribution in [1.82, 2.24) is 5.32 Å². The number of ether oxygens (including phenoxy) is 1.